The third-order valence-electron chi connectivity index (χ3n) is 7.41. The summed E-state index contributed by atoms with van der Waals surface area (Å²) in [4.78, 5) is 16.2. The highest BCUT2D eigenvalue weighted by Gasteiger charge is 2.33. The largest absolute Gasteiger partial charge is 0.507 e. The molecule has 2 saturated heterocycles. The third-order valence-corrected chi connectivity index (χ3v) is 7.41. The molecule has 1 amide bonds. The molecule has 1 saturated carbocycles. The van der Waals surface area contributed by atoms with Crippen LogP contribution in [0.1, 0.15) is 50.5 Å². The Hall–Kier alpha value is -2.93. The number of carbonyl (C=O) groups is 1. The van der Waals surface area contributed by atoms with Crippen molar-refractivity contribution in [2.24, 2.45) is 0 Å². The van der Waals surface area contributed by atoms with Crippen molar-refractivity contribution in [3.8, 4) is 17.0 Å². The summed E-state index contributed by atoms with van der Waals surface area (Å²) in [6.45, 7) is 0. The van der Waals surface area contributed by atoms with E-state index in [0.717, 1.165) is 37.1 Å². The zero-order valence-corrected chi connectivity index (χ0v) is 19.4. The number of fused-ring (bicyclic) bond motifs is 2. The average Bonchev–Trinajstić information content (AvgIpc) is 3.67. The first-order valence-electron chi connectivity index (χ1n) is 12.1. The van der Waals surface area contributed by atoms with E-state index in [0.29, 0.717) is 35.4 Å². The van der Waals surface area contributed by atoms with Gasteiger partial charge in [0.05, 0.1) is 5.69 Å². The molecule has 7 nitrogen and oxygen atoms in total. The summed E-state index contributed by atoms with van der Waals surface area (Å²) in [6.07, 6.45) is 11.6. The Balaban J connectivity index is 1.25. The van der Waals surface area contributed by atoms with Gasteiger partial charge in [-0.2, -0.15) is 0 Å². The van der Waals surface area contributed by atoms with Crippen molar-refractivity contribution in [2.45, 2.75) is 69.1 Å². The van der Waals surface area contributed by atoms with Crippen molar-refractivity contribution in [3.05, 3.63) is 42.0 Å². The lowest BCUT2D eigenvalue weighted by Gasteiger charge is -2.43. The molecule has 7 heteroatoms. The number of hydrogen-bond donors (Lipinski definition) is 2. The normalized spacial score (nSPS) is 24.6. The zero-order chi connectivity index (χ0) is 22.9. The lowest BCUT2D eigenvalue weighted by molar-refractivity contribution is -0.125. The van der Waals surface area contributed by atoms with Gasteiger partial charge in [-0.15, -0.1) is 10.2 Å². The van der Waals surface area contributed by atoms with Crippen LogP contribution in [0, 0.1) is 0 Å². The van der Waals surface area contributed by atoms with E-state index >= 15 is 0 Å². The highest BCUT2D eigenvalue weighted by molar-refractivity contribution is 5.92. The minimum Gasteiger partial charge on any atom is -0.507 e. The molecule has 5 rings (SSSR count). The van der Waals surface area contributed by atoms with Gasteiger partial charge in [-0.25, -0.2) is 0 Å². The van der Waals surface area contributed by atoms with E-state index < -0.39 is 0 Å². The number of anilines is 1. The molecule has 2 aliphatic heterocycles. The number of phenolic OH excluding ortho intramolecular Hbond substituents is 1. The maximum Gasteiger partial charge on any atom is 0.246 e. The topological polar surface area (TPSA) is 81.6 Å². The Morgan fingerprint density at radius 1 is 1.03 bits per heavy atom. The zero-order valence-electron chi connectivity index (χ0n) is 19.4. The van der Waals surface area contributed by atoms with Crippen molar-refractivity contribution in [1.82, 2.24) is 20.4 Å². The van der Waals surface area contributed by atoms with E-state index in [9.17, 15) is 9.90 Å². The first kappa shape index (κ1) is 21.9. The molecule has 33 heavy (non-hydrogen) atoms. The second-order valence-corrected chi connectivity index (χ2v) is 9.79. The number of benzene rings is 1. The molecule has 0 spiro atoms. The number of piperidine rings is 2. The Kier molecular flexibility index (Phi) is 6.06. The van der Waals surface area contributed by atoms with Crippen molar-refractivity contribution in [2.75, 3.05) is 19.0 Å². The van der Waals surface area contributed by atoms with E-state index in [1.165, 1.54) is 19.3 Å². The second-order valence-electron chi connectivity index (χ2n) is 9.79. The van der Waals surface area contributed by atoms with Crippen molar-refractivity contribution < 1.29 is 9.90 Å². The van der Waals surface area contributed by atoms with E-state index in [2.05, 4.69) is 27.5 Å². The number of nitrogens with zero attached hydrogens (tertiary/aromatic N) is 4. The first-order valence-corrected chi connectivity index (χ1v) is 12.1. The first-order chi connectivity index (χ1) is 16.0. The van der Waals surface area contributed by atoms with Crippen LogP contribution in [0.15, 0.2) is 36.4 Å². The Morgan fingerprint density at radius 3 is 2.42 bits per heavy atom. The minimum atomic E-state index is -0.0102. The van der Waals surface area contributed by atoms with Crippen LogP contribution < -0.4 is 10.2 Å². The number of aromatic nitrogens is 2. The van der Waals surface area contributed by atoms with E-state index in [4.69, 9.17) is 0 Å². The van der Waals surface area contributed by atoms with Gasteiger partial charge in [0.2, 0.25) is 5.91 Å². The molecule has 1 aliphatic carbocycles. The van der Waals surface area contributed by atoms with E-state index in [1.54, 1.807) is 23.1 Å². The summed E-state index contributed by atoms with van der Waals surface area (Å²) in [6, 6.07) is 11.4. The van der Waals surface area contributed by atoms with Gasteiger partial charge in [-0.3, -0.25) is 4.79 Å². The van der Waals surface area contributed by atoms with Gasteiger partial charge in [-0.1, -0.05) is 12.5 Å². The summed E-state index contributed by atoms with van der Waals surface area (Å²) >= 11 is 0. The Morgan fingerprint density at radius 2 is 1.79 bits per heavy atom. The number of carbonyl (C=O) groups excluding carboxylic acids is 1. The molecule has 174 valence electrons. The van der Waals surface area contributed by atoms with Crippen LogP contribution in [0.4, 0.5) is 5.82 Å². The fourth-order valence-electron chi connectivity index (χ4n) is 5.19. The summed E-state index contributed by atoms with van der Waals surface area (Å²) < 4.78 is 0. The fraction of sp³-hybridized carbons (Fsp3) is 0.500. The lowest BCUT2D eigenvalue weighted by atomic mass is 9.83. The van der Waals surface area contributed by atoms with Crippen molar-refractivity contribution in [3.63, 3.8) is 0 Å². The fourth-order valence-corrected chi connectivity index (χ4v) is 5.19. The van der Waals surface area contributed by atoms with Crippen LogP contribution in [0.2, 0.25) is 0 Å². The van der Waals surface area contributed by atoms with Crippen molar-refractivity contribution >= 4 is 17.8 Å². The number of phenols is 1. The number of rotatable bonds is 6. The summed E-state index contributed by atoms with van der Waals surface area (Å²) in [5, 5.41) is 23.2. The lowest BCUT2D eigenvalue weighted by Crippen LogP contribution is -2.54. The number of amides is 1. The number of likely N-dealkylation sites (N-methyl/N-ethyl adjacent to an activating group) is 1. The number of aromatic hydroxyl groups is 1. The van der Waals surface area contributed by atoms with E-state index in [1.807, 2.05) is 31.3 Å². The highest BCUT2D eigenvalue weighted by atomic mass is 16.3. The maximum atomic E-state index is 12.2. The summed E-state index contributed by atoms with van der Waals surface area (Å²) in [5.41, 5.74) is 2.04. The maximum absolute atomic E-state index is 12.2. The van der Waals surface area contributed by atoms with Gasteiger partial charge >= 0.3 is 0 Å². The quantitative estimate of drug-likeness (QED) is 0.659. The third kappa shape index (κ3) is 4.88. The van der Waals surface area contributed by atoms with Crippen LogP contribution in [-0.2, 0) is 4.79 Å². The molecular formula is C26H33N5O2. The SMILES string of the molecule is CN(C(=O)/C=C/c1ccc(-c2ccc(N(C)C3C[C@@H]4CCC[C@@H](C3)N4)nn2)c(O)c1)C1CC1. The Bertz CT molecular complexity index is 1020. The van der Waals surface area contributed by atoms with Gasteiger partial charge in [0.1, 0.15) is 5.75 Å². The molecular weight excluding hydrogens is 414 g/mol. The highest BCUT2D eigenvalue weighted by Crippen LogP contribution is 2.32. The smallest absolute Gasteiger partial charge is 0.246 e. The summed E-state index contributed by atoms with van der Waals surface area (Å²) in [7, 11) is 3.94. The van der Waals surface area contributed by atoms with Gasteiger partial charge in [0.25, 0.3) is 0 Å². The monoisotopic (exact) mass is 447 g/mol. The second kappa shape index (κ2) is 9.14. The van der Waals surface area contributed by atoms with Crippen molar-refractivity contribution in [1.29, 1.82) is 0 Å². The standard InChI is InChI=1S/C26H33N5O2/c1-30(21-15-18-4-3-5-19(16-21)27-18)25-12-11-23(28-29-25)22-10-6-17(14-24(22)32)7-13-26(33)31(2)20-8-9-20/h6-7,10-14,18-21,27,32H,3-5,8-9,15-16H2,1-2H3/b13-7+/t18-,19-/m0/s1. The van der Waals surface area contributed by atoms with Crippen LogP contribution in [0.5, 0.6) is 5.75 Å². The molecule has 2 N–H and O–H groups in total. The molecule has 0 radical (unpaired) electrons. The van der Waals surface area contributed by atoms with Crippen LogP contribution in [-0.4, -0.2) is 64.4 Å². The van der Waals surface area contributed by atoms with E-state index in [-0.39, 0.29) is 11.7 Å². The predicted octanol–water partition coefficient (Wildman–Crippen LogP) is 3.59. The van der Waals surface area contributed by atoms with Crippen LogP contribution in [0.25, 0.3) is 17.3 Å². The average molecular weight is 448 g/mol. The molecule has 3 fully saturated rings. The molecule has 3 aliphatic rings. The Labute approximate surface area is 195 Å². The van der Waals surface area contributed by atoms with Crippen LogP contribution in [0.3, 0.4) is 0 Å². The number of hydrogen-bond acceptors (Lipinski definition) is 6. The minimum absolute atomic E-state index is 0.0102. The molecule has 2 bridgehead atoms. The van der Waals surface area contributed by atoms with Gasteiger partial charge in [0, 0.05) is 49.9 Å². The molecule has 0 unspecified atom stereocenters. The van der Waals surface area contributed by atoms with Gasteiger partial charge in [-0.05, 0) is 74.4 Å². The van der Waals surface area contributed by atoms with Crippen LogP contribution >= 0.6 is 0 Å². The molecule has 1 aromatic heterocycles. The number of nitrogens with one attached hydrogen (secondary N) is 1. The molecule has 2 aromatic rings. The molecule has 2 atom stereocenters. The van der Waals surface area contributed by atoms with Gasteiger partial charge in [0.15, 0.2) is 5.82 Å². The predicted molar refractivity (Wildman–Crippen MR) is 130 cm³/mol. The molecule has 1 aromatic carbocycles. The molecule has 3 heterocycles. The summed E-state index contributed by atoms with van der Waals surface area (Å²) in [5.74, 6) is 0.979. The van der Waals surface area contributed by atoms with Gasteiger partial charge < -0.3 is 20.2 Å².